The molecule has 1 fully saturated rings. The van der Waals surface area contributed by atoms with Crippen molar-refractivity contribution < 1.29 is 17.9 Å². The Bertz CT molecular complexity index is 628. The molecule has 1 N–H and O–H groups in total. The minimum absolute atomic E-state index is 0.175. The van der Waals surface area contributed by atoms with Crippen LogP contribution < -0.4 is 10.1 Å². The van der Waals surface area contributed by atoms with Crippen LogP contribution in [0, 0.1) is 0 Å². The number of sulfone groups is 1. The molecule has 2 rings (SSSR count). The van der Waals surface area contributed by atoms with Gasteiger partial charge < -0.3 is 15.0 Å². The van der Waals surface area contributed by atoms with E-state index in [9.17, 15) is 13.2 Å². The van der Waals surface area contributed by atoms with Gasteiger partial charge in [0.25, 0.3) is 0 Å². The first kappa shape index (κ1) is 17.6. The average molecular weight is 340 g/mol. The van der Waals surface area contributed by atoms with Gasteiger partial charge in [-0.2, -0.15) is 0 Å². The summed E-state index contributed by atoms with van der Waals surface area (Å²) in [6, 6.07) is 7.69. The third-order valence-electron chi connectivity index (χ3n) is 4.12. The zero-order valence-corrected chi connectivity index (χ0v) is 14.4. The van der Waals surface area contributed by atoms with E-state index in [-0.39, 0.29) is 6.03 Å². The zero-order chi connectivity index (χ0) is 16.9. The van der Waals surface area contributed by atoms with Crippen LogP contribution >= 0.6 is 0 Å². The van der Waals surface area contributed by atoms with Crippen molar-refractivity contribution in [2.24, 2.45) is 0 Å². The maximum atomic E-state index is 12.0. The fourth-order valence-corrected chi connectivity index (χ4v) is 3.64. The molecule has 0 radical (unpaired) electrons. The number of carbonyl (C=O) groups is 1. The molecule has 0 bridgehead atoms. The highest BCUT2D eigenvalue weighted by Crippen LogP contribution is 2.16. The predicted octanol–water partition coefficient (Wildman–Crippen LogP) is 1.46. The van der Waals surface area contributed by atoms with Crippen LogP contribution in [0.3, 0.4) is 0 Å². The molecule has 128 valence electrons. The Morgan fingerprint density at radius 1 is 1.35 bits per heavy atom. The van der Waals surface area contributed by atoms with Gasteiger partial charge >= 0.3 is 6.03 Å². The number of ether oxygens (including phenoxy) is 1. The summed E-state index contributed by atoms with van der Waals surface area (Å²) in [5, 5.41) is 2.43. The molecule has 2 amide bonds. The second kappa shape index (κ2) is 7.68. The van der Waals surface area contributed by atoms with Crippen LogP contribution in [0.5, 0.6) is 5.75 Å². The molecular formula is C16H24N2O4S. The Balaban J connectivity index is 1.69. The van der Waals surface area contributed by atoms with Crippen LogP contribution in [0.15, 0.2) is 24.3 Å². The summed E-state index contributed by atoms with van der Waals surface area (Å²) in [5.74, 6) is 0.830. The van der Waals surface area contributed by atoms with E-state index in [0.29, 0.717) is 26.1 Å². The lowest BCUT2D eigenvalue weighted by Gasteiger charge is -2.17. The number of amides is 2. The molecule has 0 saturated carbocycles. The van der Waals surface area contributed by atoms with Crippen LogP contribution in [0.4, 0.5) is 4.79 Å². The summed E-state index contributed by atoms with van der Waals surface area (Å²) in [7, 11) is -1.43. The first-order valence-electron chi connectivity index (χ1n) is 7.74. The summed E-state index contributed by atoms with van der Waals surface area (Å²) >= 11 is 0. The molecule has 1 aromatic carbocycles. The van der Waals surface area contributed by atoms with Gasteiger partial charge in [0, 0.05) is 25.9 Å². The van der Waals surface area contributed by atoms with E-state index in [1.165, 1.54) is 11.8 Å². The summed E-state index contributed by atoms with van der Waals surface area (Å²) < 4.78 is 28.1. The molecule has 23 heavy (non-hydrogen) atoms. The predicted molar refractivity (Wildman–Crippen MR) is 89.5 cm³/mol. The smallest absolute Gasteiger partial charge is 0.317 e. The Kier molecular flexibility index (Phi) is 5.87. The van der Waals surface area contributed by atoms with E-state index < -0.39 is 15.1 Å². The van der Waals surface area contributed by atoms with Crippen molar-refractivity contribution in [2.75, 3.05) is 33.0 Å². The number of nitrogens with zero attached hydrogens (tertiary/aromatic N) is 1. The summed E-state index contributed by atoms with van der Waals surface area (Å²) in [6.07, 6.45) is 3.46. The second-order valence-electron chi connectivity index (χ2n) is 5.87. The van der Waals surface area contributed by atoms with Crippen LogP contribution in [-0.2, 0) is 16.3 Å². The molecule has 1 aliphatic heterocycles. The van der Waals surface area contributed by atoms with E-state index in [1.54, 1.807) is 12.0 Å². The molecule has 1 aromatic rings. The van der Waals surface area contributed by atoms with Crippen LogP contribution in [0.2, 0.25) is 0 Å². The number of nitrogens with one attached hydrogen (secondary N) is 1. The van der Waals surface area contributed by atoms with E-state index in [1.807, 2.05) is 24.3 Å². The lowest BCUT2D eigenvalue weighted by atomic mass is 10.1. The minimum atomic E-state index is -3.07. The number of rotatable bonds is 6. The van der Waals surface area contributed by atoms with Crippen molar-refractivity contribution in [1.82, 2.24) is 10.2 Å². The fourth-order valence-electron chi connectivity index (χ4n) is 2.65. The number of hydrogen-bond donors (Lipinski definition) is 1. The number of methoxy groups -OCH3 is 1. The largest absolute Gasteiger partial charge is 0.497 e. The Morgan fingerprint density at radius 3 is 2.61 bits per heavy atom. The molecule has 1 atom stereocenters. The van der Waals surface area contributed by atoms with Gasteiger partial charge in [0.05, 0.1) is 12.4 Å². The monoisotopic (exact) mass is 340 g/mol. The molecule has 0 aromatic heterocycles. The van der Waals surface area contributed by atoms with Gasteiger partial charge in [-0.05, 0) is 37.0 Å². The standard InChI is InChI=1S/C16H24N2O4S/c1-22-14-7-5-13(6-8-14)4-3-10-17-16(19)18-11-9-15(12-18)23(2,20)21/h5-8,15H,3-4,9-12H2,1-2H3,(H,17,19). The fraction of sp³-hybridized carbons (Fsp3) is 0.562. The summed E-state index contributed by atoms with van der Waals surface area (Å²) in [6.45, 7) is 1.37. The average Bonchev–Trinajstić information content (AvgIpc) is 3.02. The summed E-state index contributed by atoms with van der Waals surface area (Å²) in [5.41, 5.74) is 1.19. The Morgan fingerprint density at radius 2 is 2.04 bits per heavy atom. The first-order chi connectivity index (χ1) is 10.9. The molecule has 0 spiro atoms. The SMILES string of the molecule is COc1ccc(CCCNC(=O)N2CCC(S(C)(=O)=O)C2)cc1. The number of benzene rings is 1. The van der Waals surface area contributed by atoms with Gasteiger partial charge in [-0.1, -0.05) is 12.1 Å². The van der Waals surface area contributed by atoms with Crippen molar-refractivity contribution in [3.63, 3.8) is 0 Å². The van der Waals surface area contributed by atoms with Gasteiger partial charge in [0.1, 0.15) is 5.75 Å². The second-order valence-corrected chi connectivity index (χ2v) is 8.20. The van der Waals surface area contributed by atoms with Crippen molar-refractivity contribution in [3.05, 3.63) is 29.8 Å². The Labute approximate surface area is 137 Å². The van der Waals surface area contributed by atoms with E-state index in [4.69, 9.17) is 4.74 Å². The maximum absolute atomic E-state index is 12.0. The normalized spacial score (nSPS) is 18.0. The third kappa shape index (κ3) is 5.13. The quantitative estimate of drug-likeness (QED) is 0.796. The molecule has 0 aliphatic carbocycles. The number of carbonyl (C=O) groups excluding carboxylic acids is 1. The topological polar surface area (TPSA) is 75.7 Å². The van der Waals surface area contributed by atoms with Crippen molar-refractivity contribution in [3.8, 4) is 5.75 Å². The molecule has 1 heterocycles. The van der Waals surface area contributed by atoms with Gasteiger partial charge in [-0.15, -0.1) is 0 Å². The molecule has 1 saturated heterocycles. The molecule has 7 heteroatoms. The lowest BCUT2D eigenvalue weighted by Crippen LogP contribution is -2.40. The minimum Gasteiger partial charge on any atom is -0.497 e. The number of hydrogen-bond acceptors (Lipinski definition) is 4. The van der Waals surface area contributed by atoms with Crippen LogP contribution in [0.25, 0.3) is 0 Å². The number of likely N-dealkylation sites (tertiary alicyclic amines) is 1. The lowest BCUT2D eigenvalue weighted by molar-refractivity contribution is 0.209. The van der Waals surface area contributed by atoms with Crippen LogP contribution in [-0.4, -0.2) is 57.6 Å². The highest BCUT2D eigenvalue weighted by molar-refractivity contribution is 7.91. The zero-order valence-electron chi connectivity index (χ0n) is 13.6. The van der Waals surface area contributed by atoms with Crippen molar-refractivity contribution >= 4 is 15.9 Å². The van der Waals surface area contributed by atoms with Gasteiger partial charge in [0.2, 0.25) is 0 Å². The molecule has 6 nitrogen and oxygen atoms in total. The number of aryl methyl sites for hydroxylation is 1. The van der Waals surface area contributed by atoms with Crippen molar-refractivity contribution in [1.29, 1.82) is 0 Å². The van der Waals surface area contributed by atoms with E-state index in [2.05, 4.69) is 5.32 Å². The first-order valence-corrected chi connectivity index (χ1v) is 9.70. The molecule has 1 unspecified atom stereocenters. The number of urea groups is 1. The maximum Gasteiger partial charge on any atom is 0.317 e. The highest BCUT2D eigenvalue weighted by atomic mass is 32.2. The van der Waals surface area contributed by atoms with E-state index >= 15 is 0 Å². The molecule has 1 aliphatic rings. The van der Waals surface area contributed by atoms with Gasteiger partial charge in [-0.3, -0.25) is 0 Å². The van der Waals surface area contributed by atoms with Crippen molar-refractivity contribution in [2.45, 2.75) is 24.5 Å². The van der Waals surface area contributed by atoms with Gasteiger partial charge in [0.15, 0.2) is 9.84 Å². The van der Waals surface area contributed by atoms with Crippen LogP contribution in [0.1, 0.15) is 18.4 Å². The summed E-state index contributed by atoms with van der Waals surface area (Å²) in [4.78, 5) is 13.6. The van der Waals surface area contributed by atoms with Gasteiger partial charge in [-0.25, -0.2) is 13.2 Å². The Hall–Kier alpha value is -1.76. The third-order valence-corrected chi connectivity index (χ3v) is 5.71. The van der Waals surface area contributed by atoms with E-state index in [0.717, 1.165) is 18.6 Å². The highest BCUT2D eigenvalue weighted by Gasteiger charge is 2.32. The molecular weight excluding hydrogens is 316 g/mol.